The zero-order valence-corrected chi connectivity index (χ0v) is 12.2. The van der Waals surface area contributed by atoms with E-state index in [2.05, 4.69) is 0 Å². The third-order valence-corrected chi connectivity index (χ3v) is 5.84. The minimum absolute atomic E-state index is 0.521. The average molecular weight is 367 g/mol. The lowest BCUT2D eigenvalue weighted by Crippen LogP contribution is -2.48. The highest BCUT2D eigenvalue weighted by molar-refractivity contribution is 6.80. The van der Waals surface area contributed by atoms with Gasteiger partial charge < -0.3 is 0 Å². The topological polar surface area (TPSA) is 0 Å². The van der Waals surface area contributed by atoms with Crippen molar-refractivity contribution in [3.63, 3.8) is 0 Å². The van der Waals surface area contributed by atoms with E-state index in [0.717, 1.165) is 0 Å². The van der Waals surface area contributed by atoms with Gasteiger partial charge >= 0.3 is 0 Å². The van der Waals surface area contributed by atoms with Gasteiger partial charge in [-0.3, -0.25) is 0 Å². The Hall–Kier alpha value is 2.61. The van der Waals surface area contributed by atoms with E-state index in [1.54, 1.807) is 0 Å². The Balaban J connectivity index is 5.04. The van der Waals surface area contributed by atoms with Crippen LogP contribution < -0.4 is 0 Å². The van der Waals surface area contributed by atoms with Gasteiger partial charge in [0, 0.05) is 0 Å². The molecule has 0 spiro atoms. The molecule has 0 aliphatic carbocycles. The largest absolute Gasteiger partial charge is 0.226 e. The van der Waals surface area contributed by atoms with Gasteiger partial charge in [-0.2, -0.15) is 0 Å². The summed E-state index contributed by atoms with van der Waals surface area (Å²) in [5, 5.41) is 0. The van der Waals surface area contributed by atoms with Crippen LogP contribution in [-0.4, -0.2) is 12.5 Å². The fourth-order valence-corrected chi connectivity index (χ4v) is 1.96. The van der Waals surface area contributed by atoms with Crippen molar-refractivity contribution in [2.24, 2.45) is 0 Å². The zero-order valence-electron chi connectivity index (χ0n) is 5.40. The molecule has 0 amide bonds. The molecule has 0 aromatic heterocycles. The van der Waals surface area contributed by atoms with Gasteiger partial charge in [-0.1, -0.05) is 104 Å². The first kappa shape index (κ1) is 15.6. The summed E-state index contributed by atoms with van der Waals surface area (Å²) in [6, 6.07) is 0. The highest BCUT2D eigenvalue weighted by Crippen LogP contribution is 2.60. The third-order valence-electron chi connectivity index (χ3n) is 0.988. The van der Waals surface area contributed by atoms with Crippen LogP contribution in [0.4, 0.5) is 0 Å². The van der Waals surface area contributed by atoms with E-state index in [9.17, 15) is 0 Å². The van der Waals surface area contributed by atoms with Gasteiger partial charge in [0.2, 0.25) is 8.13 Å². The van der Waals surface area contributed by atoms with Crippen molar-refractivity contribution in [3.05, 3.63) is 4.84 Å². The van der Waals surface area contributed by atoms with Gasteiger partial charge in [0.05, 0.1) is 0 Å². The van der Waals surface area contributed by atoms with Gasteiger partial charge in [-0.05, 0) is 0 Å². The van der Waals surface area contributed by atoms with Crippen LogP contribution in [-0.2, 0) is 0 Å². The maximum atomic E-state index is 5.61. The third kappa shape index (κ3) is 3.28. The quantitative estimate of drug-likeness (QED) is 0.552. The van der Waals surface area contributed by atoms with E-state index in [-0.39, 0.29) is 0 Å². The van der Waals surface area contributed by atoms with Crippen molar-refractivity contribution in [3.8, 4) is 0 Å². The van der Waals surface area contributed by atoms with Crippen LogP contribution >= 0.6 is 104 Å². The van der Waals surface area contributed by atoms with E-state index < -0.39 is 17.3 Å². The second-order valence-electron chi connectivity index (χ2n) is 1.91. The van der Waals surface area contributed by atoms with Crippen molar-refractivity contribution in [1.29, 1.82) is 0 Å². The standard InChI is InChI=1S/C4Cl9/c5-1(6)2(7,8)3(9,10)4(11,12)13. The van der Waals surface area contributed by atoms with E-state index in [1.165, 1.54) is 0 Å². The Morgan fingerprint density at radius 3 is 1.08 bits per heavy atom. The molecule has 0 aliphatic rings. The van der Waals surface area contributed by atoms with Gasteiger partial charge in [0.1, 0.15) is 0 Å². The maximum absolute atomic E-state index is 5.61. The minimum Gasteiger partial charge on any atom is -0.0946 e. The average Bonchev–Trinajstić information content (AvgIpc) is 1.84. The molecule has 1 radical (unpaired) electrons. The first-order valence-electron chi connectivity index (χ1n) is 2.45. The first-order chi connectivity index (χ1) is 5.44. The van der Waals surface area contributed by atoms with Gasteiger partial charge in [0.25, 0.3) is 0 Å². The molecule has 9 heteroatoms. The molecule has 0 saturated heterocycles. The normalized spacial score (nSPS) is 15.2. The summed E-state index contributed by atoms with van der Waals surface area (Å²) < 4.78 is -6.41. The number of hydrogen-bond donors (Lipinski definition) is 0. The fraction of sp³-hybridized carbons (Fsp3) is 0.750. The maximum Gasteiger partial charge on any atom is 0.226 e. The van der Waals surface area contributed by atoms with Crippen molar-refractivity contribution >= 4 is 104 Å². The van der Waals surface area contributed by atoms with Crippen LogP contribution in [0.1, 0.15) is 0 Å². The molecule has 0 aromatic carbocycles. The molecule has 0 bridgehead atoms. The Morgan fingerprint density at radius 1 is 0.692 bits per heavy atom. The van der Waals surface area contributed by atoms with Crippen molar-refractivity contribution < 1.29 is 0 Å². The summed E-state index contributed by atoms with van der Waals surface area (Å²) in [6.07, 6.45) is 0. The molecule has 0 saturated carbocycles. The molecule has 0 aromatic rings. The van der Waals surface area contributed by atoms with Gasteiger partial charge in [0.15, 0.2) is 9.17 Å². The monoisotopic (exact) mass is 363 g/mol. The Bertz CT molecular complexity index is 177. The van der Waals surface area contributed by atoms with Crippen molar-refractivity contribution in [2.75, 3.05) is 0 Å². The summed E-state index contributed by atoms with van der Waals surface area (Å²) in [5.41, 5.74) is 0. The van der Waals surface area contributed by atoms with Gasteiger partial charge in [-0.25, -0.2) is 0 Å². The summed E-state index contributed by atoms with van der Waals surface area (Å²) in [5.74, 6) is 0. The molecule has 0 heterocycles. The Kier molecular flexibility index (Phi) is 5.83. The molecule has 79 valence electrons. The lowest BCUT2D eigenvalue weighted by atomic mass is 10.3. The SMILES string of the molecule is Cl[C](Cl)C(Cl)(Cl)C(Cl)(Cl)C(Cl)(Cl)Cl. The number of hydrogen-bond acceptors (Lipinski definition) is 0. The predicted molar refractivity (Wildman–Crippen MR) is 64.1 cm³/mol. The minimum atomic E-state index is -2.17. The zero-order chi connectivity index (χ0) is 11.1. The lowest BCUT2D eigenvalue weighted by molar-refractivity contribution is 0.741. The van der Waals surface area contributed by atoms with Crippen LogP contribution in [0, 0.1) is 4.84 Å². The molecular formula is C4Cl9. The van der Waals surface area contributed by atoms with Crippen LogP contribution in [0.2, 0.25) is 0 Å². The fourth-order valence-electron chi connectivity index (χ4n) is 0.297. The first-order valence-corrected chi connectivity index (χ1v) is 5.85. The lowest BCUT2D eigenvalue weighted by Gasteiger charge is -2.37. The van der Waals surface area contributed by atoms with E-state index >= 15 is 0 Å². The van der Waals surface area contributed by atoms with E-state index in [4.69, 9.17) is 104 Å². The summed E-state index contributed by atoms with van der Waals surface area (Å²) in [6.45, 7) is 0. The molecular weight excluding hydrogens is 367 g/mol. The van der Waals surface area contributed by atoms with E-state index in [0.29, 0.717) is 0 Å². The molecule has 0 rings (SSSR count). The Labute approximate surface area is 121 Å². The summed E-state index contributed by atoms with van der Waals surface area (Å²) >= 11 is 49.3. The smallest absolute Gasteiger partial charge is 0.0946 e. The number of halogens is 9. The highest BCUT2D eigenvalue weighted by Gasteiger charge is 2.63. The molecule has 0 nitrogen and oxygen atoms in total. The number of alkyl halides is 7. The second-order valence-corrected chi connectivity index (χ2v) is 7.79. The molecule has 0 N–H and O–H groups in total. The number of rotatable bonds is 2. The molecule has 0 aliphatic heterocycles. The van der Waals surface area contributed by atoms with E-state index in [1.807, 2.05) is 0 Å². The van der Waals surface area contributed by atoms with Crippen LogP contribution in [0.5, 0.6) is 0 Å². The second kappa shape index (κ2) is 4.85. The summed E-state index contributed by atoms with van der Waals surface area (Å²) in [7, 11) is 0. The highest BCUT2D eigenvalue weighted by atomic mass is 35.6. The molecule has 0 unspecified atom stereocenters. The summed E-state index contributed by atoms with van der Waals surface area (Å²) in [4.78, 5) is -0.521. The van der Waals surface area contributed by atoms with Crippen LogP contribution in [0.25, 0.3) is 0 Å². The molecule has 13 heavy (non-hydrogen) atoms. The molecule has 0 fully saturated rings. The van der Waals surface area contributed by atoms with Crippen molar-refractivity contribution in [2.45, 2.75) is 12.5 Å². The van der Waals surface area contributed by atoms with Gasteiger partial charge in [-0.15, -0.1) is 0 Å². The van der Waals surface area contributed by atoms with Crippen molar-refractivity contribution in [1.82, 2.24) is 0 Å². The predicted octanol–water partition coefficient (Wildman–Crippen LogP) is 5.67. The van der Waals surface area contributed by atoms with Crippen LogP contribution in [0.15, 0.2) is 0 Å². The van der Waals surface area contributed by atoms with Crippen LogP contribution in [0.3, 0.4) is 0 Å². The Morgan fingerprint density at radius 2 is 1.00 bits per heavy atom. The molecule has 0 atom stereocenters.